The molecule has 0 saturated heterocycles. The topological polar surface area (TPSA) is 86.8 Å². The molecule has 3 rings (SSSR count). The Hall–Kier alpha value is -2.29. The standard InChI is InChI=1S/C29H39Cl2N3O4S/c1-5-26(29(36)32-24-9-6-7-10-24)33(19-22-14-15-23(30)18-25(22)31)28(35)11-8-16-34(39(4,37)38)27-17-20(2)12-13-21(27)3/h12-15,17-18,24,26H,5-11,16,19H2,1-4H3,(H,32,36)/t26-/m1/s1. The Bertz CT molecular complexity index is 1280. The van der Waals surface area contributed by atoms with Gasteiger partial charge in [0.2, 0.25) is 21.8 Å². The summed E-state index contributed by atoms with van der Waals surface area (Å²) in [6.07, 6.45) is 6.04. The number of hydrogen-bond donors (Lipinski definition) is 1. The highest BCUT2D eigenvalue weighted by molar-refractivity contribution is 7.92. The van der Waals surface area contributed by atoms with Gasteiger partial charge in [-0.3, -0.25) is 13.9 Å². The number of amides is 2. The first kappa shape index (κ1) is 31.2. The van der Waals surface area contributed by atoms with Gasteiger partial charge in [0.1, 0.15) is 6.04 Å². The fraction of sp³-hybridized carbons (Fsp3) is 0.517. The quantitative estimate of drug-likeness (QED) is 0.325. The summed E-state index contributed by atoms with van der Waals surface area (Å²) in [7, 11) is -3.57. The van der Waals surface area contributed by atoms with Crippen LogP contribution in [0, 0.1) is 13.8 Å². The van der Waals surface area contributed by atoms with Gasteiger partial charge < -0.3 is 10.2 Å². The van der Waals surface area contributed by atoms with E-state index < -0.39 is 16.1 Å². The summed E-state index contributed by atoms with van der Waals surface area (Å²) in [5, 5.41) is 4.03. The van der Waals surface area contributed by atoms with Crippen molar-refractivity contribution in [2.75, 3.05) is 17.1 Å². The number of carbonyl (C=O) groups is 2. The van der Waals surface area contributed by atoms with Gasteiger partial charge in [-0.25, -0.2) is 8.42 Å². The van der Waals surface area contributed by atoms with Crippen LogP contribution in [0.4, 0.5) is 5.69 Å². The summed E-state index contributed by atoms with van der Waals surface area (Å²) in [6, 6.07) is 10.2. The van der Waals surface area contributed by atoms with E-state index >= 15 is 0 Å². The van der Waals surface area contributed by atoms with Gasteiger partial charge in [-0.1, -0.05) is 61.2 Å². The van der Waals surface area contributed by atoms with Crippen LogP contribution < -0.4 is 9.62 Å². The molecule has 0 aromatic heterocycles. The minimum Gasteiger partial charge on any atom is -0.352 e. The lowest BCUT2D eigenvalue weighted by atomic mass is 10.1. The molecule has 2 aromatic rings. The van der Waals surface area contributed by atoms with E-state index in [1.165, 1.54) is 10.6 Å². The highest BCUT2D eigenvalue weighted by Gasteiger charge is 2.31. The van der Waals surface area contributed by atoms with E-state index in [9.17, 15) is 18.0 Å². The number of halogens is 2. The smallest absolute Gasteiger partial charge is 0.243 e. The largest absolute Gasteiger partial charge is 0.352 e. The maximum Gasteiger partial charge on any atom is 0.243 e. The van der Waals surface area contributed by atoms with Gasteiger partial charge in [-0.05, 0) is 74.4 Å². The zero-order valence-corrected chi connectivity index (χ0v) is 25.5. The average molecular weight is 597 g/mol. The predicted octanol–water partition coefficient (Wildman–Crippen LogP) is 6.02. The van der Waals surface area contributed by atoms with E-state index in [1.54, 1.807) is 23.1 Å². The molecule has 0 spiro atoms. The van der Waals surface area contributed by atoms with Crippen LogP contribution in [0.25, 0.3) is 0 Å². The highest BCUT2D eigenvalue weighted by atomic mass is 35.5. The Morgan fingerprint density at radius 2 is 1.77 bits per heavy atom. The van der Waals surface area contributed by atoms with Gasteiger partial charge in [-0.2, -0.15) is 0 Å². The number of hydrogen-bond acceptors (Lipinski definition) is 4. The molecule has 1 saturated carbocycles. The first-order chi connectivity index (χ1) is 18.4. The van der Waals surface area contributed by atoms with Crippen LogP contribution in [0.1, 0.15) is 68.6 Å². The number of nitrogens with one attached hydrogen (secondary N) is 1. The lowest BCUT2D eigenvalue weighted by Gasteiger charge is -2.32. The Morgan fingerprint density at radius 3 is 2.38 bits per heavy atom. The minimum atomic E-state index is -3.57. The number of carbonyl (C=O) groups excluding carboxylic acids is 2. The molecule has 39 heavy (non-hydrogen) atoms. The number of benzene rings is 2. The molecule has 0 aliphatic heterocycles. The number of rotatable bonds is 12. The van der Waals surface area contributed by atoms with Gasteiger partial charge in [-0.15, -0.1) is 0 Å². The number of sulfonamides is 1. The lowest BCUT2D eigenvalue weighted by Crippen LogP contribution is -2.51. The molecule has 1 N–H and O–H groups in total. The van der Waals surface area contributed by atoms with Crippen molar-refractivity contribution in [1.29, 1.82) is 0 Å². The number of aryl methyl sites for hydroxylation is 2. The Morgan fingerprint density at radius 1 is 1.08 bits per heavy atom. The Labute approximate surface area is 242 Å². The second-order valence-corrected chi connectivity index (χ2v) is 13.2. The van der Waals surface area contributed by atoms with E-state index in [0.717, 1.165) is 36.8 Å². The van der Waals surface area contributed by atoms with Gasteiger partial charge in [0.25, 0.3) is 0 Å². The summed E-state index contributed by atoms with van der Waals surface area (Å²) >= 11 is 12.5. The predicted molar refractivity (Wildman–Crippen MR) is 159 cm³/mol. The van der Waals surface area contributed by atoms with Crippen molar-refractivity contribution >= 4 is 50.7 Å². The van der Waals surface area contributed by atoms with Crippen molar-refractivity contribution in [1.82, 2.24) is 10.2 Å². The molecule has 0 bridgehead atoms. The van der Waals surface area contributed by atoms with E-state index in [0.29, 0.717) is 34.1 Å². The second-order valence-electron chi connectivity index (χ2n) is 10.4. The summed E-state index contributed by atoms with van der Waals surface area (Å²) in [5.41, 5.74) is 3.09. The van der Waals surface area contributed by atoms with Crippen LogP contribution in [0.15, 0.2) is 36.4 Å². The summed E-state index contributed by atoms with van der Waals surface area (Å²) in [4.78, 5) is 28.6. The fourth-order valence-electron chi connectivity index (χ4n) is 5.09. The van der Waals surface area contributed by atoms with Crippen molar-refractivity contribution in [2.24, 2.45) is 0 Å². The van der Waals surface area contributed by atoms with Crippen molar-refractivity contribution in [3.8, 4) is 0 Å². The maximum absolute atomic E-state index is 13.7. The van der Waals surface area contributed by atoms with Gasteiger partial charge in [0.05, 0.1) is 11.9 Å². The normalized spacial score (nSPS) is 14.7. The SMILES string of the molecule is CC[C@H](C(=O)NC1CCCC1)N(Cc1ccc(Cl)cc1Cl)C(=O)CCCN(c1cc(C)ccc1C)S(C)(=O)=O. The van der Waals surface area contributed by atoms with Crippen LogP contribution in [0.5, 0.6) is 0 Å². The third kappa shape index (κ3) is 8.60. The monoisotopic (exact) mass is 595 g/mol. The first-order valence-electron chi connectivity index (χ1n) is 13.5. The molecule has 2 amide bonds. The molecule has 10 heteroatoms. The first-order valence-corrected chi connectivity index (χ1v) is 16.1. The molecule has 2 aromatic carbocycles. The van der Waals surface area contributed by atoms with E-state index in [1.807, 2.05) is 39.0 Å². The fourth-order valence-corrected chi connectivity index (χ4v) is 6.57. The maximum atomic E-state index is 13.7. The van der Waals surface area contributed by atoms with Crippen LogP contribution >= 0.6 is 23.2 Å². The van der Waals surface area contributed by atoms with Crippen molar-refractivity contribution in [3.05, 3.63) is 63.1 Å². The van der Waals surface area contributed by atoms with Crippen LogP contribution in [0.2, 0.25) is 10.0 Å². The van der Waals surface area contributed by atoms with Crippen LogP contribution in [0.3, 0.4) is 0 Å². The summed E-state index contributed by atoms with van der Waals surface area (Å²) in [5.74, 6) is -0.403. The lowest BCUT2D eigenvalue weighted by molar-refractivity contribution is -0.141. The third-order valence-electron chi connectivity index (χ3n) is 7.23. The molecule has 0 heterocycles. The molecule has 0 unspecified atom stereocenters. The molecular weight excluding hydrogens is 557 g/mol. The molecule has 7 nitrogen and oxygen atoms in total. The van der Waals surface area contributed by atoms with E-state index in [2.05, 4.69) is 5.32 Å². The van der Waals surface area contributed by atoms with Crippen LogP contribution in [-0.2, 0) is 26.2 Å². The second kappa shape index (κ2) is 13.9. The molecular formula is C29H39Cl2N3O4S. The Balaban J connectivity index is 1.81. The zero-order chi connectivity index (χ0) is 28.7. The molecule has 1 aliphatic carbocycles. The molecule has 1 aliphatic rings. The number of anilines is 1. The molecule has 214 valence electrons. The average Bonchev–Trinajstić information content (AvgIpc) is 3.37. The molecule has 1 atom stereocenters. The highest BCUT2D eigenvalue weighted by Crippen LogP contribution is 2.27. The third-order valence-corrected chi connectivity index (χ3v) is 9.00. The van der Waals surface area contributed by atoms with E-state index in [-0.39, 0.29) is 37.4 Å². The number of nitrogens with zero attached hydrogens (tertiary/aromatic N) is 2. The van der Waals surface area contributed by atoms with E-state index in [4.69, 9.17) is 23.2 Å². The van der Waals surface area contributed by atoms with Crippen molar-refractivity contribution in [2.45, 2.75) is 84.3 Å². The van der Waals surface area contributed by atoms with Crippen molar-refractivity contribution < 1.29 is 18.0 Å². The Kier molecular flexibility index (Phi) is 11.1. The molecule has 0 radical (unpaired) electrons. The van der Waals surface area contributed by atoms with Crippen LogP contribution in [-0.4, -0.2) is 50.0 Å². The van der Waals surface area contributed by atoms with Crippen molar-refractivity contribution in [3.63, 3.8) is 0 Å². The molecule has 1 fully saturated rings. The van der Waals surface area contributed by atoms with Gasteiger partial charge >= 0.3 is 0 Å². The summed E-state index contributed by atoms with van der Waals surface area (Å²) in [6.45, 7) is 5.96. The summed E-state index contributed by atoms with van der Waals surface area (Å²) < 4.78 is 26.7. The van der Waals surface area contributed by atoms with Gasteiger partial charge in [0.15, 0.2) is 0 Å². The zero-order valence-electron chi connectivity index (χ0n) is 23.2. The van der Waals surface area contributed by atoms with Gasteiger partial charge in [0, 0.05) is 35.6 Å². The minimum absolute atomic E-state index is 0.0787.